The number of carbonyl (C=O) groups is 3. The highest BCUT2D eigenvalue weighted by Gasteiger charge is 2.37. The number of amides is 4. The second kappa shape index (κ2) is 8.83. The molecule has 168 valence electrons. The van der Waals surface area contributed by atoms with Gasteiger partial charge >= 0.3 is 6.03 Å². The standard InChI is InChI=1S/C26H24BrN3O3/c1-5-18-8-6-7-9-23(18)29-16(3)13-19(17(29)4)14-21-24(31)28-26(33)30(25(21)32)22-11-10-20(27)12-15(22)2/h6-14H,5H2,1-4H3,(H,28,31,33)/b21-14+. The molecule has 1 N–H and O–H groups in total. The van der Waals surface area contributed by atoms with E-state index in [1.807, 2.05) is 38.1 Å². The molecule has 3 aromatic rings. The van der Waals surface area contributed by atoms with Crippen molar-refractivity contribution in [2.24, 2.45) is 0 Å². The first-order valence-corrected chi connectivity index (χ1v) is 11.5. The van der Waals surface area contributed by atoms with E-state index in [9.17, 15) is 14.4 Å². The molecule has 4 amide bonds. The Morgan fingerprint density at radius 2 is 1.70 bits per heavy atom. The Morgan fingerprint density at radius 3 is 2.39 bits per heavy atom. The molecule has 0 radical (unpaired) electrons. The van der Waals surface area contributed by atoms with Crippen molar-refractivity contribution >= 4 is 45.5 Å². The molecule has 1 aliphatic heterocycles. The lowest BCUT2D eigenvalue weighted by Gasteiger charge is -2.27. The molecule has 0 bridgehead atoms. The molecular weight excluding hydrogens is 482 g/mol. The van der Waals surface area contributed by atoms with Gasteiger partial charge in [-0.25, -0.2) is 9.69 Å². The summed E-state index contributed by atoms with van der Waals surface area (Å²) in [6.07, 6.45) is 2.45. The number of barbiturate groups is 1. The van der Waals surface area contributed by atoms with Gasteiger partial charge in [-0.05, 0) is 80.3 Å². The van der Waals surface area contributed by atoms with Crippen molar-refractivity contribution in [1.82, 2.24) is 9.88 Å². The van der Waals surface area contributed by atoms with Crippen LogP contribution in [0.5, 0.6) is 0 Å². The fraction of sp³-hybridized carbons (Fsp3) is 0.192. The number of nitrogens with one attached hydrogen (secondary N) is 1. The van der Waals surface area contributed by atoms with Crippen LogP contribution in [-0.2, 0) is 16.0 Å². The van der Waals surface area contributed by atoms with Crippen molar-refractivity contribution in [3.8, 4) is 5.69 Å². The molecule has 1 aliphatic rings. The smallest absolute Gasteiger partial charge is 0.318 e. The SMILES string of the molecule is CCc1ccccc1-n1c(C)cc(/C=C2\C(=O)NC(=O)N(c3ccc(Br)cc3C)C2=O)c1C. The van der Waals surface area contributed by atoms with Gasteiger partial charge < -0.3 is 4.57 Å². The quantitative estimate of drug-likeness (QED) is 0.381. The zero-order valence-electron chi connectivity index (χ0n) is 18.9. The summed E-state index contributed by atoms with van der Waals surface area (Å²) in [5.74, 6) is -1.34. The number of aromatic nitrogens is 1. The van der Waals surface area contributed by atoms with E-state index in [1.165, 1.54) is 5.56 Å². The number of anilines is 1. The molecule has 0 aliphatic carbocycles. The average molecular weight is 506 g/mol. The van der Waals surface area contributed by atoms with E-state index >= 15 is 0 Å². The predicted octanol–water partition coefficient (Wildman–Crippen LogP) is 5.39. The Labute approximate surface area is 201 Å². The molecule has 4 rings (SSSR count). The number of nitrogens with zero attached hydrogens (tertiary/aromatic N) is 2. The van der Waals surface area contributed by atoms with Crippen molar-refractivity contribution in [2.45, 2.75) is 34.1 Å². The highest BCUT2D eigenvalue weighted by molar-refractivity contribution is 9.10. The lowest BCUT2D eigenvalue weighted by molar-refractivity contribution is -0.122. The van der Waals surface area contributed by atoms with Crippen LogP contribution in [0.25, 0.3) is 11.8 Å². The first kappa shape index (κ1) is 22.7. The monoisotopic (exact) mass is 505 g/mol. The minimum absolute atomic E-state index is 0.0825. The third kappa shape index (κ3) is 4.04. The highest BCUT2D eigenvalue weighted by Crippen LogP contribution is 2.29. The Balaban J connectivity index is 1.79. The van der Waals surface area contributed by atoms with Crippen LogP contribution in [0.4, 0.5) is 10.5 Å². The molecule has 6 nitrogen and oxygen atoms in total. The number of imide groups is 2. The van der Waals surface area contributed by atoms with E-state index < -0.39 is 17.8 Å². The van der Waals surface area contributed by atoms with Crippen LogP contribution >= 0.6 is 15.9 Å². The molecule has 1 aromatic heterocycles. The number of benzene rings is 2. The van der Waals surface area contributed by atoms with Gasteiger partial charge in [-0.3, -0.25) is 14.9 Å². The largest absolute Gasteiger partial charge is 0.335 e. The lowest BCUT2D eigenvalue weighted by Crippen LogP contribution is -2.54. The Morgan fingerprint density at radius 1 is 0.970 bits per heavy atom. The summed E-state index contributed by atoms with van der Waals surface area (Å²) in [5.41, 5.74) is 6.00. The summed E-state index contributed by atoms with van der Waals surface area (Å²) in [5, 5.41) is 2.30. The van der Waals surface area contributed by atoms with Crippen LogP contribution in [0, 0.1) is 20.8 Å². The van der Waals surface area contributed by atoms with Crippen LogP contribution in [0.3, 0.4) is 0 Å². The number of urea groups is 1. The molecule has 1 saturated heterocycles. The summed E-state index contributed by atoms with van der Waals surface area (Å²) < 4.78 is 2.96. The van der Waals surface area contributed by atoms with Crippen molar-refractivity contribution in [3.05, 3.63) is 86.7 Å². The topological polar surface area (TPSA) is 71.4 Å². The van der Waals surface area contributed by atoms with Gasteiger partial charge in [0.05, 0.1) is 5.69 Å². The van der Waals surface area contributed by atoms with Crippen molar-refractivity contribution in [2.75, 3.05) is 4.90 Å². The van der Waals surface area contributed by atoms with Crippen molar-refractivity contribution in [1.29, 1.82) is 0 Å². The molecule has 2 aromatic carbocycles. The number of para-hydroxylation sites is 1. The maximum Gasteiger partial charge on any atom is 0.335 e. The third-order valence-corrected chi connectivity index (χ3v) is 6.38. The molecular formula is C26H24BrN3O3. The first-order valence-electron chi connectivity index (χ1n) is 10.7. The molecule has 0 atom stereocenters. The van der Waals surface area contributed by atoms with E-state index in [-0.39, 0.29) is 5.57 Å². The summed E-state index contributed by atoms with van der Waals surface area (Å²) in [6, 6.07) is 14.6. The molecule has 1 fully saturated rings. The Kier molecular flexibility index (Phi) is 6.08. The Hall–Kier alpha value is -3.45. The van der Waals surface area contributed by atoms with Gasteiger partial charge in [0.1, 0.15) is 5.57 Å². The van der Waals surface area contributed by atoms with Gasteiger partial charge in [-0.2, -0.15) is 0 Å². The van der Waals surface area contributed by atoms with Crippen LogP contribution in [0.1, 0.15) is 35.0 Å². The second-order valence-corrected chi connectivity index (χ2v) is 8.95. The van der Waals surface area contributed by atoms with Crippen molar-refractivity contribution in [3.63, 3.8) is 0 Å². The third-order valence-electron chi connectivity index (χ3n) is 5.88. The molecule has 7 heteroatoms. The van der Waals surface area contributed by atoms with Gasteiger partial charge in [0.25, 0.3) is 11.8 Å². The van der Waals surface area contributed by atoms with E-state index in [1.54, 1.807) is 25.1 Å². The van der Waals surface area contributed by atoms with E-state index in [4.69, 9.17) is 0 Å². The predicted molar refractivity (Wildman–Crippen MR) is 133 cm³/mol. The van der Waals surface area contributed by atoms with Crippen molar-refractivity contribution < 1.29 is 14.4 Å². The number of aryl methyl sites for hydroxylation is 3. The maximum atomic E-state index is 13.3. The minimum Gasteiger partial charge on any atom is -0.318 e. The van der Waals surface area contributed by atoms with E-state index in [0.717, 1.165) is 44.0 Å². The number of rotatable bonds is 4. The van der Waals surface area contributed by atoms with Gasteiger partial charge in [0, 0.05) is 21.5 Å². The van der Waals surface area contributed by atoms with E-state index in [0.29, 0.717) is 5.69 Å². The average Bonchev–Trinajstić information content (AvgIpc) is 3.05. The summed E-state index contributed by atoms with van der Waals surface area (Å²) in [4.78, 5) is 39.5. The Bertz CT molecular complexity index is 1340. The fourth-order valence-corrected chi connectivity index (χ4v) is 4.71. The van der Waals surface area contributed by atoms with Crippen LogP contribution in [-0.4, -0.2) is 22.4 Å². The lowest BCUT2D eigenvalue weighted by atomic mass is 10.1. The highest BCUT2D eigenvalue weighted by atomic mass is 79.9. The molecule has 0 saturated carbocycles. The number of hydrogen-bond acceptors (Lipinski definition) is 3. The van der Waals surface area contributed by atoms with Crippen LogP contribution in [0.15, 0.2) is 58.6 Å². The van der Waals surface area contributed by atoms with Gasteiger partial charge in [0.2, 0.25) is 0 Å². The molecule has 0 spiro atoms. The molecule has 2 heterocycles. The van der Waals surface area contributed by atoms with Gasteiger partial charge in [-0.15, -0.1) is 0 Å². The number of hydrogen-bond donors (Lipinski definition) is 1. The molecule has 33 heavy (non-hydrogen) atoms. The van der Waals surface area contributed by atoms with Gasteiger partial charge in [0.15, 0.2) is 0 Å². The van der Waals surface area contributed by atoms with E-state index in [2.05, 4.69) is 44.9 Å². The second-order valence-electron chi connectivity index (χ2n) is 8.03. The normalized spacial score (nSPS) is 15.4. The van der Waals surface area contributed by atoms with Crippen LogP contribution < -0.4 is 10.2 Å². The minimum atomic E-state index is -0.755. The summed E-state index contributed by atoms with van der Waals surface area (Å²) in [6.45, 7) is 7.86. The maximum absolute atomic E-state index is 13.3. The van der Waals surface area contributed by atoms with Gasteiger partial charge in [-0.1, -0.05) is 41.1 Å². The number of halogens is 1. The zero-order chi connectivity index (χ0) is 23.9. The summed E-state index contributed by atoms with van der Waals surface area (Å²) >= 11 is 3.39. The molecule has 0 unspecified atom stereocenters. The first-order chi connectivity index (χ1) is 15.7. The number of carbonyl (C=O) groups excluding carboxylic acids is 3. The summed E-state index contributed by atoms with van der Waals surface area (Å²) in [7, 11) is 0. The fourth-order valence-electron chi connectivity index (χ4n) is 4.23. The zero-order valence-corrected chi connectivity index (χ0v) is 20.5. The van der Waals surface area contributed by atoms with Crippen LogP contribution in [0.2, 0.25) is 0 Å².